The SMILES string of the molecule is CN=C(NCCCOC(C)c1ccccc1)NCC(C)(C)OC. The number of guanidine groups is 1. The van der Waals surface area contributed by atoms with Gasteiger partial charge in [0, 0.05) is 33.9 Å². The molecule has 0 aliphatic rings. The topological polar surface area (TPSA) is 54.9 Å². The predicted molar refractivity (Wildman–Crippen MR) is 95.9 cm³/mol. The third kappa shape index (κ3) is 8.00. The first-order chi connectivity index (χ1) is 11.0. The van der Waals surface area contributed by atoms with Crippen LogP contribution in [-0.4, -0.2) is 45.4 Å². The van der Waals surface area contributed by atoms with Gasteiger partial charge in [-0.15, -0.1) is 0 Å². The Kier molecular flexibility index (Phi) is 8.66. The van der Waals surface area contributed by atoms with Crippen molar-refractivity contribution >= 4 is 5.96 Å². The van der Waals surface area contributed by atoms with Crippen molar-refractivity contribution in [2.45, 2.75) is 38.9 Å². The zero-order valence-electron chi connectivity index (χ0n) is 15.1. The lowest BCUT2D eigenvalue weighted by atomic mass is 10.1. The molecule has 0 fully saturated rings. The largest absolute Gasteiger partial charge is 0.377 e. The van der Waals surface area contributed by atoms with Crippen molar-refractivity contribution in [3.63, 3.8) is 0 Å². The molecule has 1 aromatic rings. The average Bonchev–Trinajstić information content (AvgIpc) is 2.57. The fraction of sp³-hybridized carbons (Fsp3) is 0.611. The molecule has 0 saturated heterocycles. The van der Waals surface area contributed by atoms with Crippen molar-refractivity contribution in [2.24, 2.45) is 4.99 Å². The Bertz CT molecular complexity index is 461. The van der Waals surface area contributed by atoms with Crippen LogP contribution >= 0.6 is 0 Å². The number of benzene rings is 1. The molecule has 0 heterocycles. The van der Waals surface area contributed by atoms with Crippen LogP contribution < -0.4 is 10.6 Å². The fourth-order valence-corrected chi connectivity index (χ4v) is 1.95. The van der Waals surface area contributed by atoms with Crippen LogP contribution in [0.3, 0.4) is 0 Å². The third-order valence-corrected chi connectivity index (χ3v) is 3.71. The van der Waals surface area contributed by atoms with Crippen LogP contribution in [0.1, 0.15) is 38.9 Å². The minimum absolute atomic E-state index is 0.121. The van der Waals surface area contributed by atoms with Gasteiger partial charge in [0.2, 0.25) is 0 Å². The minimum atomic E-state index is -0.216. The van der Waals surface area contributed by atoms with E-state index in [4.69, 9.17) is 9.47 Å². The van der Waals surface area contributed by atoms with Gasteiger partial charge in [-0.2, -0.15) is 0 Å². The number of aliphatic imine (C=N–C) groups is 1. The highest BCUT2D eigenvalue weighted by Crippen LogP contribution is 2.15. The van der Waals surface area contributed by atoms with Crippen LogP contribution in [-0.2, 0) is 9.47 Å². The molecule has 0 aliphatic heterocycles. The molecule has 1 aromatic carbocycles. The molecule has 23 heavy (non-hydrogen) atoms. The molecule has 5 heteroatoms. The van der Waals surface area contributed by atoms with Gasteiger partial charge in [-0.05, 0) is 32.8 Å². The maximum atomic E-state index is 5.85. The van der Waals surface area contributed by atoms with Crippen molar-refractivity contribution in [1.29, 1.82) is 0 Å². The molecule has 0 amide bonds. The van der Waals surface area contributed by atoms with E-state index in [-0.39, 0.29) is 11.7 Å². The van der Waals surface area contributed by atoms with Gasteiger partial charge < -0.3 is 20.1 Å². The number of methoxy groups -OCH3 is 1. The fourth-order valence-electron chi connectivity index (χ4n) is 1.95. The van der Waals surface area contributed by atoms with Crippen LogP contribution in [0.4, 0.5) is 0 Å². The van der Waals surface area contributed by atoms with Crippen molar-refractivity contribution < 1.29 is 9.47 Å². The van der Waals surface area contributed by atoms with Crippen LogP contribution in [0.15, 0.2) is 35.3 Å². The number of nitrogens with one attached hydrogen (secondary N) is 2. The normalized spacial score (nSPS) is 13.7. The van der Waals surface area contributed by atoms with E-state index in [1.807, 2.05) is 32.0 Å². The summed E-state index contributed by atoms with van der Waals surface area (Å²) in [5, 5.41) is 6.54. The maximum Gasteiger partial charge on any atom is 0.191 e. The molecule has 130 valence electrons. The molecule has 0 saturated carbocycles. The Morgan fingerprint density at radius 1 is 1.22 bits per heavy atom. The van der Waals surface area contributed by atoms with Gasteiger partial charge in [-0.1, -0.05) is 30.3 Å². The highest BCUT2D eigenvalue weighted by atomic mass is 16.5. The van der Waals surface area contributed by atoms with Crippen LogP contribution in [0.2, 0.25) is 0 Å². The van der Waals surface area contributed by atoms with Gasteiger partial charge in [-0.3, -0.25) is 4.99 Å². The summed E-state index contributed by atoms with van der Waals surface area (Å²) in [6.07, 6.45) is 1.04. The first-order valence-electron chi connectivity index (χ1n) is 8.14. The molecule has 1 unspecified atom stereocenters. The van der Waals surface area contributed by atoms with Crippen molar-refractivity contribution in [3.05, 3.63) is 35.9 Å². The van der Waals surface area contributed by atoms with E-state index < -0.39 is 0 Å². The smallest absolute Gasteiger partial charge is 0.191 e. The van der Waals surface area contributed by atoms with Gasteiger partial charge in [0.05, 0.1) is 11.7 Å². The predicted octanol–water partition coefficient (Wildman–Crippen LogP) is 2.74. The summed E-state index contributed by atoms with van der Waals surface area (Å²) in [5.41, 5.74) is 0.992. The first kappa shape index (κ1) is 19.5. The second-order valence-corrected chi connectivity index (χ2v) is 6.09. The van der Waals surface area contributed by atoms with Gasteiger partial charge >= 0.3 is 0 Å². The second kappa shape index (κ2) is 10.2. The monoisotopic (exact) mass is 321 g/mol. The second-order valence-electron chi connectivity index (χ2n) is 6.09. The summed E-state index contributed by atoms with van der Waals surface area (Å²) in [6, 6.07) is 10.3. The van der Waals surface area contributed by atoms with E-state index in [0.29, 0.717) is 13.2 Å². The Hall–Kier alpha value is -1.59. The molecule has 0 bridgehead atoms. The quantitative estimate of drug-likeness (QED) is 0.417. The van der Waals surface area contributed by atoms with E-state index >= 15 is 0 Å². The first-order valence-corrected chi connectivity index (χ1v) is 8.14. The van der Waals surface area contributed by atoms with Gasteiger partial charge in [0.25, 0.3) is 0 Å². The van der Waals surface area contributed by atoms with E-state index in [0.717, 1.165) is 18.9 Å². The van der Waals surface area contributed by atoms with Crippen LogP contribution in [0, 0.1) is 0 Å². The summed E-state index contributed by atoms with van der Waals surface area (Å²) < 4.78 is 11.2. The van der Waals surface area contributed by atoms with Crippen molar-refractivity contribution in [1.82, 2.24) is 10.6 Å². The summed E-state index contributed by atoms with van der Waals surface area (Å²) in [6.45, 7) is 8.37. The minimum Gasteiger partial charge on any atom is -0.377 e. The van der Waals surface area contributed by atoms with E-state index in [9.17, 15) is 0 Å². The molecule has 1 rings (SSSR count). The lowest BCUT2D eigenvalue weighted by Crippen LogP contribution is -2.45. The Labute approximate surface area is 140 Å². The number of hydrogen-bond donors (Lipinski definition) is 2. The highest BCUT2D eigenvalue weighted by molar-refractivity contribution is 5.79. The highest BCUT2D eigenvalue weighted by Gasteiger charge is 2.16. The zero-order valence-corrected chi connectivity index (χ0v) is 15.1. The summed E-state index contributed by atoms with van der Waals surface area (Å²) in [7, 11) is 3.48. The Morgan fingerprint density at radius 3 is 2.52 bits per heavy atom. The molecule has 0 radical (unpaired) electrons. The van der Waals surface area contributed by atoms with Crippen LogP contribution in [0.25, 0.3) is 0 Å². The number of hydrogen-bond acceptors (Lipinski definition) is 3. The average molecular weight is 321 g/mol. The maximum absolute atomic E-state index is 5.85. The van der Waals surface area contributed by atoms with Gasteiger partial charge in [0.1, 0.15) is 0 Å². The van der Waals surface area contributed by atoms with E-state index in [1.54, 1.807) is 14.2 Å². The lowest BCUT2D eigenvalue weighted by Gasteiger charge is -2.24. The number of nitrogens with zero attached hydrogens (tertiary/aromatic N) is 1. The van der Waals surface area contributed by atoms with Gasteiger partial charge in [-0.25, -0.2) is 0 Å². The van der Waals surface area contributed by atoms with Crippen molar-refractivity contribution in [3.8, 4) is 0 Å². The summed E-state index contributed by atoms with van der Waals surface area (Å²) in [4.78, 5) is 4.20. The number of ether oxygens (including phenoxy) is 2. The molecular weight excluding hydrogens is 290 g/mol. The molecule has 0 aromatic heterocycles. The molecular formula is C18H31N3O2. The standard InChI is InChI=1S/C18H31N3O2/c1-15(16-10-7-6-8-11-16)23-13-9-12-20-17(19-4)21-14-18(2,3)22-5/h6-8,10-11,15H,9,12-14H2,1-5H3,(H2,19,20,21). The lowest BCUT2D eigenvalue weighted by molar-refractivity contribution is 0.0268. The molecule has 5 nitrogen and oxygen atoms in total. The Morgan fingerprint density at radius 2 is 1.91 bits per heavy atom. The summed E-state index contributed by atoms with van der Waals surface area (Å²) >= 11 is 0. The van der Waals surface area contributed by atoms with Crippen LogP contribution in [0.5, 0.6) is 0 Å². The molecule has 1 atom stereocenters. The summed E-state index contributed by atoms with van der Waals surface area (Å²) in [5.74, 6) is 0.784. The molecule has 2 N–H and O–H groups in total. The van der Waals surface area contributed by atoms with E-state index in [1.165, 1.54) is 5.56 Å². The molecule has 0 spiro atoms. The number of rotatable bonds is 9. The van der Waals surface area contributed by atoms with Gasteiger partial charge in [0.15, 0.2) is 5.96 Å². The third-order valence-electron chi connectivity index (χ3n) is 3.71. The van der Waals surface area contributed by atoms with E-state index in [2.05, 4.69) is 34.7 Å². The Balaban J connectivity index is 2.18. The zero-order chi connectivity index (χ0) is 17.1. The molecule has 0 aliphatic carbocycles. The van der Waals surface area contributed by atoms with Crippen molar-refractivity contribution in [2.75, 3.05) is 33.9 Å².